The van der Waals surface area contributed by atoms with Crippen LogP contribution in [0.5, 0.6) is 0 Å². The average Bonchev–Trinajstić information content (AvgIpc) is 2.71. The molecule has 0 atom stereocenters. The Morgan fingerprint density at radius 1 is 0.967 bits per heavy atom. The largest absolute Gasteiger partial charge is 0.355 e. The van der Waals surface area contributed by atoms with Gasteiger partial charge in [-0.1, -0.05) is 0 Å². The number of urea groups is 1. The fourth-order valence-electron chi connectivity index (χ4n) is 2.85. The van der Waals surface area contributed by atoms with Crippen molar-refractivity contribution in [3.8, 4) is 0 Å². The molecule has 0 saturated heterocycles. The molecule has 1 aromatic heterocycles. The molecular weight excluding hydrogens is 416 g/mol. The zero-order chi connectivity index (χ0) is 21.3. The first-order valence-electron chi connectivity index (χ1n) is 8.69. The Bertz CT molecular complexity index is 1230. The Balaban J connectivity index is 1.50. The van der Waals surface area contributed by atoms with Gasteiger partial charge in [0, 0.05) is 28.8 Å². The maximum Gasteiger partial charge on any atom is 0.320 e. The van der Waals surface area contributed by atoms with Crippen LogP contribution in [0, 0.1) is 11.6 Å². The summed E-state index contributed by atoms with van der Waals surface area (Å²) in [6, 6.07) is 10.1. The predicted molar refractivity (Wildman–Crippen MR) is 107 cm³/mol. The second kappa shape index (κ2) is 7.59. The fourth-order valence-corrected chi connectivity index (χ4v) is 3.92. The van der Waals surface area contributed by atoms with Gasteiger partial charge >= 0.3 is 6.03 Å². The lowest BCUT2D eigenvalue weighted by molar-refractivity contribution is 0.250. The molecule has 4 N–H and O–H groups in total. The number of rotatable bonds is 5. The molecule has 0 bridgehead atoms. The van der Waals surface area contributed by atoms with Gasteiger partial charge in [0.1, 0.15) is 5.82 Å². The molecule has 11 heteroatoms. The zero-order valence-corrected chi connectivity index (χ0v) is 16.1. The number of sulfonamides is 1. The molecule has 1 aliphatic heterocycles. The highest BCUT2D eigenvalue weighted by atomic mass is 32.2. The van der Waals surface area contributed by atoms with Gasteiger partial charge in [-0.3, -0.25) is 10.0 Å². The molecule has 1 aliphatic rings. The summed E-state index contributed by atoms with van der Waals surface area (Å²) in [6.07, 6.45) is 1.55. The topological polar surface area (TPSA) is 112 Å². The van der Waals surface area contributed by atoms with Crippen molar-refractivity contribution in [1.82, 2.24) is 10.3 Å². The molecule has 154 valence electrons. The summed E-state index contributed by atoms with van der Waals surface area (Å²) < 4.78 is 53.4. The minimum atomic E-state index is -4.08. The number of carbonyl (C=O) groups is 1. The van der Waals surface area contributed by atoms with Crippen LogP contribution in [-0.2, 0) is 16.6 Å². The highest BCUT2D eigenvalue weighted by Crippen LogP contribution is 2.28. The number of nitrogens with zero attached hydrogens (tertiary/aromatic N) is 1. The summed E-state index contributed by atoms with van der Waals surface area (Å²) in [4.78, 5) is 15.1. The van der Waals surface area contributed by atoms with Gasteiger partial charge in [0.15, 0.2) is 11.6 Å². The number of carbonyl (C=O) groups excluding carboxylic acids is 1. The van der Waals surface area contributed by atoms with Crippen LogP contribution in [0.3, 0.4) is 0 Å². The molecule has 0 spiro atoms. The van der Waals surface area contributed by atoms with Crippen molar-refractivity contribution in [1.29, 1.82) is 0 Å². The van der Waals surface area contributed by atoms with Crippen LogP contribution in [0.25, 0.3) is 0 Å². The van der Waals surface area contributed by atoms with E-state index in [-0.39, 0.29) is 16.6 Å². The number of pyridine rings is 1. The highest BCUT2D eigenvalue weighted by Gasteiger charge is 2.19. The van der Waals surface area contributed by atoms with E-state index >= 15 is 0 Å². The zero-order valence-electron chi connectivity index (χ0n) is 15.2. The molecule has 8 nitrogen and oxygen atoms in total. The first-order valence-corrected chi connectivity index (χ1v) is 10.2. The third-order valence-electron chi connectivity index (χ3n) is 4.33. The van der Waals surface area contributed by atoms with Crippen molar-refractivity contribution in [2.45, 2.75) is 11.4 Å². The van der Waals surface area contributed by atoms with E-state index in [0.29, 0.717) is 24.1 Å². The lowest BCUT2D eigenvalue weighted by Crippen LogP contribution is -2.34. The second-order valence-corrected chi connectivity index (χ2v) is 8.06. The van der Waals surface area contributed by atoms with E-state index < -0.39 is 21.7 Å². The molecule has 0 saturated carbocycles. The van der Waals surface area contributed by atoms with Crippen molar-refractivity contribution in [2.24, 2.45) is 0 Å². The summed E-state index contributed by atoms with van der Waals surface area (Å²) in [5.41, 5.74) is 2.41. The Labute approximate surface area is 170 Å². The van der Waals surface area contributed by atoms with Gasteiger partial charge < -0.3 is 10.6 Å². The van der Waals surface area contributed by atoms with Crippen LogP contribution < -0.4 is 20.7 Å². The molecule has 0 aliphatic carbocycles. The lowest BCUT2D eigenvalue weighted by atomic mass is 10.1. The number of aromatic nitrogens is 1. The van der Waals surface area contributed by atoms with Gasteiger partial charge in [0.25, 0.3) is 10.0 Å². The molecule has 2 heterocycles. The normalized spacial score (nSPS) is 13.1. The number of hydrogen-bond acceptors (Lipinski definition) is 5. The summed E-state index contributed by atoms with van der Waals surface area (Å²) in [5.74, 6) is -1.92. The smallest absolute Gasteiger partial charge is 0.320 e. The van der Waals surface area contributed by atoms with Gasteiger partial charge in [-0.25, -0.2) is 27.0 Å². The maximum absolute atomic E-state index is 13.3. The van der Waals surface area contributed by atoms with Crippen LogP contribution in [0.4, 0.5) is 36.5 Å². The molecule has 4 rings (SSSR count). The molecule has 2 amide bonds. The minimum Gasteiger partial charge on any atom is -0.355 e. The van der Waals surface area contributed by atoms with Crippen LogP contribution in [0.1, 0.15) is 5.56 Å². The summed E-state index contributed by atoms with van der Waals surface area (Å²) in [6.45, 7) is 0.309. The van der Waals surface area contributed by atoms with Gasteiger partial charge in [0.2, 0.25) is 0 Å². The Morgan fingerprint density at radius 3 is 2.43 bits per heavy atom. The van der Waals surface area contributed by atoms with Crippen LogP contribution >= 0.6 is 0 Å². The number of hydrogen-bond donors (Lipinski definition) is 4. The molecule has 0 radical (unpaired) electrons. The van der Waals surface area contributed by atoms with E-state index in [1.54, 1.807) is 24.4 Å². The van der Waals surface area contributed by atoms with Gasteiger partial charge in [0.05, 0.1) is 11.4 Å². The van der Waals surface area contributed by atoms with E-state index in [1.165, 1.54) is 12.1 Å². The molecule has 0 fully saturated rings. The number of anilines is 4. The van der Waals surface area contributed by atoms with Crippen molar-refractivity contribution < 1.29 is 22.0 Å². The third-order valence-corrected chi connectivity index (χ3v) is 5.71. The Hall–Kier alpha value is -3.73. The lowest BCUT2D eigenvalue weighted by Gasteiger charge is -2.20. The second-order valence-electron chi connectivity index (χ2n) is 6.38. The van der Waals surface area contributed by atoms with Crippen LogP contribution in [-0.4, -0.2) is 19.4 Å². The highest BCUT2D eigenvalue weighted by molar-refractivity contribution is 7.92. The quantitative estimate of drug-likeness (QED) is 0.494. The first kappa shape index (κ1) is 19.6. The van der Waals surface area contributed by atoms with Crippen molar-refractivity contribution in [3.05, 3.63) is 71.9 Å². The van der Waals surface area contributed by atoms with E-state index in [9.17, 15) is 22.0 Å². The number of halogens is 2. The first-order chi connectivity index (χ1) is 14.3. The fraction of sp³-hybridized carbons (Fsp3) is 0.0526. The van der Waals surface area contributed by atoms with Crippen LogP contribution in [0.2, 0.25) is 0 Å². The molecule has 0 unspecified atom stereocenters. The summed E-state index contributed by atoms with van der Waals surface area (Å²) >= 11 is 0. The molecule has 30 heavy (non-hydrogen) atoms. The van der Waals surface area contributed by atoms with Crippen molar-refractivity contribution in [3.63, 3.8) is 0 Å². The third kappa shape index (κ3) is 4.01. The minimum absolute atomic E-state index is 0.246. The van der Waals surface area contributed by atoms with Gasteiger partial charge in [-0.2, -0.15) is 0 Å². The van der Waals surface area contributed by atoms with Crippen molar-refractivity contribution in [2.75, 3.05) is 15.4 Å². The molecular formula is C19H15F2N5O3S. The maximum atomic E-state index is 13.3. The summed E-state index contributed by atoms with van der Waals surface area (Å²) in [7, 11) is -4.08. The van der Waals surface area contributed by atoms with Gasteiger partial charge in [-0.05, 0) is 48.5 Å². The summed E-state index contributed by atoms with van der Waals surface area (Å²) in [5, 5.41) is 8.46. The number of fused-ring (bicyclic) bond motifs is 1. The van der Waals surface area contributed by atoms with E-state index in [2.05, 4.69) is 25.7 Å². The molecule has 2 aromatic carbocycles. The van der Waals surface area contributed by atoms with E-state index in [1.807, 2.05) is 0 Å². The average molecular weight is 431 g/mol. The Morgan fingerprint density at radius 2 is 1.70 bits per heavy atom. The monoisotopic (exact) mass is 431 g/mol. The SMILES string of the molecule is O=C1NCc2c(Nc3ccc(NS(=O)(=O)c4ccc(F)c(F)c4)cc3)ccnc2N1. The number of nitrogens with one attached hydrogen (secondary N) is 4. The predicted octanol–water partition coefficient (Wildman–Crippen LogP) is 3.54. The van der Waals surface area contributed by atoms with Crippen molar-refractivity contribution >= 4 is 38.9 Å². The number of amides is 2. The number of benzene rings is 2. The van der Waals surface area contributed by atoms with Crippen LogP contribution in [0.15, 0.2) is 59.6 Å². The molecule has 3 aromatic rings. The van der Waals surface area contributed by atoms with Gasteiger partial charge in [-0.15, -0.1) is 0 Å². The Kier molecular flexibility index (Phi) is 4.96. The van der Waals surface area contributed by atoms with E-state index in [0.717, 1.165) is 23.4 Å². The van der Waals surface area contributed by atoms with E-state index in [4.69, 9.17) is 0 Å². The standard InChI is InChI=1S/C19H15F2N5O3S/c20-15-6-5-13(9-16(15)21)30(28,29)26-12-3-1-11(2-4-12)24-17-7-8-22-18-14(17)10-23-19(27)25-18/h1-9,26H,10H2,(H3,22,23,24,25,27).